The number of nitro groups is 1. The molecule has 0 bridgehead atoms. The van der Waals surface area contributed by atoms with Crippen molar-refractivity contribution in [2.45, 2.75) is 19.9 Å². The first-order chi connectivity index (χ1) is 8.36. The maximum absolute atomic E-state index is 11.4. The number of aryl methyl sites for hydroxylation is 1. The Hall–Kier alpha value is -1.63. The molecule has 0 aliphatic heterocycles. The molecule has 98 valence electrons. The van der Waals surface area contributed by atoms with Crippen LogP contribution in [-0.2, 0) is 4.79 Å². The molecule has 0 aliphatic carbocycles. The van der Waals surface area contributed by atoms with Crippen LogP contribution in [0.25, 0.3) is 0 Å². The van der Waals surface area contributed by atoms with Gasteiger partial charge in [0.15, 0.2) is 0 Å². The van der Waals surface area contributed by atoms with Gasteiger partial charge in [-0.2, -0.15) is 0 Å². The van der Waals surface area contributed by atoms with Gasteiger partial charge in [0.2, 0.25) is 5.91 Å². The fourth-order valence-electron chi connectivity index (χ4n) is 1.49. The molecule has 0 fully saturated rings. The van der Waals surface area contributed by atoms with Crippen LogP contribution in [0.4, 0.5) is 11.4 Å². The molecule has 0 radical (unpaired) electrons. The number of rotatable bonds is 4. The summed E-state index contributed by atoms with van der Waals surface area (Å²) in [5.74, 6) is -0.155. The second-order valence-corrected chi connectivity index (χ2v) is 4.71. The highest BCUT2D eigenvalue weighted by Crippen LogP contribution is 2.30. The van der Waals surface area contributed by atoms with Gasteiger partial charge in [0, 0.05) is 28.8 Å². The molecule has 0 saturated heterocycles. The van der Waals surface area contributed by atoms with E-state index < -0.39 is 11.0 Å². The molecule has 1 aromatic carbocycles. The van der Waals surface area contributed by atoms with Gasteiger partial charge in [-0.15, -0.1) is 0 Å². The van der Waals surface area contributed by atoms with E-state index in [1.54, 1.807) is 27.0 Å². The molecule has 0 spiro atoms. The van der Waals surface area contributed by atoms with Crippen LogP contribution in [0.5, 0.6) is 0 Å². The van der Waals surface area contributed by atoms with Crippen LogP contribution < -0.4 is 10.6 Å². The monoisotopic (exact) mass is 315 g/mol. The Morgan fingerprint density at radius 3 is 2.61 bits per heavy atom. The number of nitro benzene ring substituents is 1. The van der Waals surface area contributed by atoms with Crippen LogP contribution in [-0.4, -0.2) is 23.9 Å². The number of nitrogens with zero attached hydrogens (tertiary/aromatic N) is 1. The number of likely N-dealkylation sites (N-methyl/N-ethyl adjacent to an activating group) is 1. The van der Waals surface area contributed by atoms with Crippen molar-refractivity contribution in [3.8, 4) is 0 Å². The van der Waals surface area contributed by atoms with Crippen molar-refractivity contribution >= 4 is 33.2 Å². The molecular formula is C11H14BrN3O3. The van der Waals surface area contributed by atoms with Crippen LogP contribution in [0.2, 0.25) is 0 Å². The third kappa shape index (κ3) is 3.19. The summed E-state index contributed by atoms with van der Waals surface area (Å²) in [6, 6.07) is 2.64. The van der Waals surface area contributed by atoms with Gasteiger partial charge in [0.25, 0.3) is 5.69 Å². The van der Waals surface area contributed by atoms with E-state index in [1.165, 1.54) is 6.07 Å². The third-order valence-electron chi connectivity index (χ3n) is 2.49. The molecule has 1 amide bonds. The summed E-state index contributed by atoms with van der Waals surface area (Å²) >= 11 is 3.25. The quantitative estimate of drug-likeness (QED) is 0.659. The van der Waals surface area contributed by atoms with Crippen molar-refractivity contribution < 1.29 is 9.72 Å². The molecule has 6 nitrogen and oxygen atoms in total. The third-order valence-corrected chi connectivity index (χ3v) is 3.15. The number of carbonyl (C=O) groups is 1. The number of hydrogen-bond acceptors (Lipinski definition) is 4. The topological polar surface area (TPSA) is 84.3 Å². The Bertz CT molecular complexity index is 491. The Morgan fingerprint density at radius 2 is 2.11 bits per heavy atom. The van der Waals surface area contributed by atoms with E-state index in [9.17, 15) is 14.9 Å². The van der Waals surface area contributed by atoms with Crippen molar-refractivity contribution in [2.75, 3.05) is 12.4 Å². The fourth-order valence-corrected chi connectivity index (χ4v) is 1.94. The Morgan fingerprint density at radius 1 is 1.50 bits per heavy atom. The number of amides is 1. The van der Waals surface area contributed by atoms with E-state index in [4.69, 9.17) is 0 Å². The first-order valence-electron chi connectivity index (χ1n) is 5.29. The Balaban J connectivity index is 3.02. The SMILES string of the molecule is CNC(=O)C(C)Nc1cc(C)c([N+](=O)[O-])cc1Br. The number of anilines is 1. The average molecular weight is 316 g/mol. The van der Waals surface area contributed by atoms with Gasteiger partial charge in [-0.3, -0.25) is 14.9 Å². The number of benzene rings is 1. The number of halogens is 1. The summed E-state index contributed by atoms with van der Waals surface area (Å²) in [6.45, 7) is 3.36. The normalized spacial score (nSPS) is 11.8. The first kappa shape index (κ1) is 14.4. The lowest BCUT2D eigenvalue weighted by molar-refractivity contribution is -0.385. The second kappa shape index (κ2) is 5.81. The Kier molecular flexibility index (Phi) is 4.66. The lowest BCUT2D eigenvalue weighted by Gasteiger charge is -2.15. The summed E-state index contributed by atoms with van der Waals surface area (Å²) < 4.78 is 0.551. The van der Waals surface area contributed by atoms with E-state index >= 15 is 0 Å². The predicted molar refractivity (Wildman–Crippen MR) is 72.7 cm³/mol. The summed E-state index contributed by atoms with van der Waals surface area (Å²) in [6.07, 6.45) is 0. The number of nitrogens with one attached hydrogen (secondary N) is 2. The second-order valence-electron chi connectivity index (χ2n) is 3.86. The largest absolute Gasteiger partial charge is 0.373 e. The summed E-state index contributed by atoms with van der Waals surface area (Å²) in [4.78, 5) is 21.7. The molecule has 0 aromatic heterocycles. The van der Waals surface area contributed by atoms with E-state index in [0.29, 0.717) is 15.7 Å². The first-order valence-corrected chi connectivity index (χ1v) is 6.08. The van der Waals surface area contributed by atoms with Crippen LogP contribution in [0.15, 0.2) is 16.6 Å². The molecule has 1 rings (SSSR count). The fraction of sp³-hybridized carbons (Fsp3) is 0.364. The van der Waals surface area contributed by atoms with Crippen molar-refractivity contribution in [3.05, 3.63) is 32.3 Å². The van der Waals surface area contributed by atoms with Gasteiger partial charge in [0.1, 0.15) is 6.04 Å². The van der Waals surface area contributed by atoms with Gasteiger partial charge in [-0.05, 0) is 35.8 Å². The molecule has 0 aliphatic rings. The highest BCUT2D eigenvalue weighted by molar-refractivity contribution is 9.10. The number of hydrogen-bond donors (Lipinski definition) is 2. The van der Waals surface area contributed by atoms with Gasteiger partial charge >= 0.3 is 0 Å². The van der Waals surface area contributed by atoms with E-state index in [0.717, 1.165) is 0 Å². The zero-order chi connectivity index (χ0) is 13.9. The number of carbonyl (C=O) groups excluding carboxylic acids is 1. The minimum atomic E-state index is -0.438. The molecule has 1 unspecified atom stereocenters. The molecule has 7 heteroatoms. The highest BCUT2D eigenvalue weighted by Gasteiger charge is 2.17. The molecule has 0 heterocycles. The summed E-state index contributed by atoms with van der Waals surface area (Å²) in [5, 5.41) is 16.3. The molecule has 18 heavy (non-hydrogen) atoms. The van der Waals surface area contributed by atoms with Gasteiger partial charge < -0.3 is 10.6 Å². The van der Waals surface area contributed by atoms with E-state index in [1.807, 2.05) is 0 Å². The van der Waals surface area contributed by atoms with Gasteiger partial charge in [-0.25, -0.2) is 0 Å². The molecule has 2 N–H and O–H groups in total. The lowest BCUT2D eigenvalue weighted by Crippen LogP contribution is -2.35. The maximum atomic E-state index is 11.4. The predicted octanol–water partition coefficient (Wildman–Crippen LogP) is 2.21. The summed E-state index contributed by atoms with van der Waals surface area (Å²) in [5.41, 5.74) is 1.23. The molecule has 0 saturated carbocycles. The standard InChI is InChI=1S/C11H14BrN3O3/c1-6-4-9(14-7(2)11(16)13-3)8(12)5-10(6)15(17)18/h4-5,7,14H,1-3H3,(H,13,16). The molecule has 1 aromatic rings. The van der Waals surface area contributed by atoms with E-state index in [-0.39, 0.29) is 11.6 Å². The lowest BCUT2D eigenvalue weighted by atomic mass is 10.1. The molecular weight excluding hydrogens is 302 g/mol. The minimum absolute atomic E-state index is 0.0417. The van der Waals surface area contributed by atoms with Gasteiger partial charge in [0.05, 0.1) is 4.92 Å². The zero-order valence-electron chi connectivity index (χ0n) is 10.3. The van der Waals surface area contributed by atoms with Crippen molar-refractivity contribution in [3.63, 3.8) is 0 Å². The van der Waals surface area contributed by atoms with Crippen LogP contribution in [0, 0.1) is 17.0 Å². The zero-order valence-corrected chi connectivity index (χ0v) is 11.9. The van der Waals surface area contributed by atoms with Crippen molar-refractivity contribution in [2.24, 2.45) is 0 Å². The van der Waals surface area contributed by atoms with Crippen molar-refractivity contribution in [1.82, 2.24) is 5.32 Å². The maximum Gasteiger partial charge on any atom is 0.273 e. The van der Waals surface area contributed by atoms with E-state index in [2.05, 4.69) is 26.6 Å². The smallest absolute Gasteiger partial charge is 0.273 e. The van der Waals surface area contributed by atoms with Crippen LogP contribution in [0.1, 0.15) is 12.5 Å². The van der Waals surface area contributed by atoms with Crippen LogP contribution >= 0.6 is 15.9 Å². The molecule has 1 atom stereocenters. The van der Waals surface area contributed by atoms with Crippen molar-refractivity contribution in [1.29, 1.82) is 0 Å². The highest BCUT2D eigenvalue weighted by atomic mass is 79.9. The minimum Gasteiger partial charge on any atom is -0.373 e. The van der Waals surface area contributed by atoms with Crippen LogP contribution in [0.3, 0.4) is 0 Å². The van der Waals surface area contributed by atoms with Gasteiger partial charge in [-0.1, -0.05) is 0 Å². The summed E-state index contributed by atoms with van der Waals surface area (Å²) in [7, 11) is 1.55. The average Bonchev–Trinajstić information content (AvgIpc) is 2.31. The Labute approximate surface area is 113 Å².